The number of aryl methyl sites for hydroxylation is 1. The smallest absolute Gasteiger partial charge is 0.254 e. The number of likely N-dealkylation sites (tertiary alicyclic amines) is 2. The number of benzene rings is 3. The Balaban J connectivity index is 1.33. The summed E-state index contributed by atoms with van der Waals surface area (Å²) in [5.74, 6) is 0.585. The molecule has 2 atom stereocenters. The second-order valence-corrected chi connectivity index (χ2v) is 9.97. The Morgan fingerprint density at radius 1 is 0.912 bits per heavy atom. The topological polar surface area (TPSA) is 43.8 Å². The Hall–Kier alpha value is -2.95. The molecule has 1 amide bonds. The third kappa shape index (κ3) is 4.53. The third-order valence-electron chi connectivity index (χ3n) is 7.82. The lowest BCUT2D eigenvalue weighted by atomic mass is 9.83. The van der Waals surface area contributed by atoms with Crippen LogP contribution in [0.4, 0.5) is 0 Å². The van der Waals surface area contributed by atoms with Gasteiger partial charge in [0, 0.05) is 24.6 Å². The van der Waals surface area contributed by atoms with Gasteiger partial charge in [0.2, 0.25) is 0 Å². The van der Waals surface area contributed by atoms with Gasteiger partial charge in [0.25, 0.3) is 5.91 Å². The number of rotatable bonds is 5. The van der Waals surface area contributed by atoms with E-state index in [0.29, 0.717) is 19.0 Å². The van der Waals surface area contributed by atoms with Crippen LogP contribution in [0.1, 0.15) is 45.8 Å². The number of carbonyl (C=O) groups is 1. The molecular formula is C30H34N2O2. The summed E-state index contributed by atoms with van der Waals surface area (Å²) in [6.07, 6.45) is 2.26. The predicted molar refractivity (Wildman–Crippen MR) is 136 cm³/mol. The molecule has 3 aromatic rings. The van der Waals surface area contributed by atoms with E-state index in [0.717, 1.165) is 49.2 Å². The van der Waals surface area contributed by atoms with Gasteiger partial charge < -0.3 is 14.9 Å². The average Bonchev–Trinajstić information content (AvgIpc) is 3.22. The first-order valence-electron chi connectivity index (χ1n) is 12.4. The Morgan fingerprint density at radius 3 is 2.21 bits per heavy atom. The highest BCUT2D eigenvalue weighted by molar-refractivity contribution is 5.96. The largest absolute Gasteiger partial charge is 0.383 e. The molecule has 3 aromatic carbocycles. The molecule has 1 N–H and O–H groups in total. The number of carbonyl (C=O) groups excluding carboxylic acids is 1. The van der Waals surface area contributed by atoms with Crippen molar-refractivity contribution in [2.24, 2.45) is 5.92 Å². The molecule has 4 nitrogen and oxygen atoms in total. The van der Waals surface area contributed by atoms with Crippen molar-refractivity contribution in [1.29, 1.82) is 0 Å². The maximum Gasteiger partial charge on any atom is 0.254 e. The van der Waals surface area contributed by atoms with Crippen LogP contribution in [0.3, 0.4) is 0 Å². The van der Waals surface area contributed by atoms with Crippen molar-refractivity contribution in [3.05, 3.63) is 107 Å². The van der Waals surface area contributed by atoms with Crippen LogP contribution in [-0.4, -0.2) is 53.5 Å². The molecule has 0 spiro atoms. The first kappa shape index (κ1) is 22.8. The molecule has 2 aliphatic heterocycles. The number of amides is 1. The van der Waals surface area contributed by atoms with Crippen LogP contribution in [0.25, 0.3) is 0 Å². The quantitative estimate of drug-likeness (QED) is 0.600. The van der Waals surface area contributed by atoms with Gasteiger partial charge in [-0.2, -0.15) is 0 Å². The number of nitrogens with zero attached hydrogens (tertiary/aromatic N) is 2. The minimum absolute atomic E-state index is 0.0118. The molecule has 176 valence electrons. The summed E-state index contributed by atoms with van der Waals surface area (Å²) in [6, 6.07) is 28.4. The van der Waals surface area contributed by atoms with Gasteiger partial charge in [-0.1, -0.05) is 78.9 Å². The standard InChI is InChI=1S/C30H34N2O2/c1-23-10-8-9-15-28(23)29(33)32-21-27(30(34,22-32)26-13-6-3-7-14-26)20-31-18-16-25(17-19-31)24-11-4-2-5-12-24/h2-15,25,27,34H,16-22H2,1H3. The number of hydrogen-bond donors (Lipinski definition) is 1. The van der Waals surface area contributed by atoms with Crippen LogP contribution in [0.2, 0.25) is 0 Å². The summed E-state index contributed by atoms with van der Waals surface area (Å²) < 4.78 is 0. The molecule has 34 heavy (non-hydrogen) atoms. The molecule has 2 heterocycles. The molecule has 2 fully saturated rings. The summed E-state index contributed by atoms with van der Waals surface area (Å²) in [5, 5.41) is 12.0. The molecule has 2 unspecified atom stereocenters. The van der Waals surface area contributed by atoms with E-state index in [2.05, 4.69) is 35.2 Å². The first-order chi connectivity index (χ1) is 16.5. The fourth-order valence-corrected chi connectivity index (χ4v) is 5.79. The zero-order valence-corrected chi connectivity index (χ0v) is 19.9. The van der Waals surface area contributed by atoms with E-state index in [4.69, 9.17) is 0 Å². The second-order valence-electron chi connectivity index (χ2n) is 9.97. The fourth-order valence-electron chi connectivity index (χ4n) is 5.79. The number of piperidine rings is 1. The van der Waals surface area contributed by atoms with Gasteiger partial charge >= 0.3 is 0 Å². The summed E-state index contributed by atoms with van der Waals surface area (Å²) in [6.45, 7) is 5.71. The lowest BCUT2D eigenvalue weighted by Gasteiger charge is -2.37. The molecule has 0 aliphatic carbocycles. The van der Waals surface area contributed by atoms with Gasteiger partial charge in [-0.15, -0.1) is 0 Å². The van der Waals surface area contributed by atoms with Crippen molar-refractivity contribution in [2.45, 2.75) is 31.3 Å². The highest BCUT2D eigenvalue weighted by atomic mass is 16.3. The van der Waals surface area contributed by atoms with Crippen LogP contribution in [0, 0.1) is 12.8 Å². The summed E-state index contributed by atoms with van der Waals surface area (Å²) in [7, 11) is 0. The lowest BCUT2D eigenvalue weighted by Crippen LogP contribution is -2.44. The summed E-state index contributed by atoms with van der Waals surface area (Å²) in [5.41, 5.74) is 2.98. The average molecular weight is 455 g/mol. The molecule has 0 saturated carbocycles. The van der Waals surface area contributed by atoms with E-state index >= 15 is 0 Å². The van der Waals surface area contributed by atoms with Crippen LogP contribution < -0.4 is 0 Å². The molecule has 0 aromatic heterocycles. The highest BCUT2D eigenvalue weighted by Crippen LogP contribution is 2.39. The number of β-amino-alcohol motifs (C(OH)–C–C–N with tert-alkyl or cyclic N) is 1. The number of aliphatic hydroxyl groups is 1. The molecule has 0 radical (unpaired) electrons. The molecule has 0 bridgehead atoms. The Morgan fingerprint density at radius 2 is 1.53 bits per heavy atom. The molecular weight excluding hydrogens is 420 g/mol. The van der Waals surface area contributed by atoms with E-state index in [9.17, 15) is 9.90 Å². The minimum Gasteiger partial charge on any atom is -0.383 e. The van der Waals surface area contributed by atoms with Gasteiger partial charge in [0.15, 0.2) is 0 Å². The van der Waals surface area contributed by atoms with Crippen LogP contribution >= 0.6 is 0 Å². The molecule has 2 saturated heterocycles. The zero-order valence-electron chi connectivity index (χ0n) is 19.9. The summed E-state index contributed by atoms with van der Waals surface area (Å²) in [4.78, 5) is 17.8. The van der Waals surface area contributed by atoms with E-state index in [-0.39, 0.29) is 11.8 Å². The van der Waals surface area contributed by atoms with Crippen molar-refractivity contribution in [1.82, 2.24) is 9.80 Å². The number of hydrogen-bond acceptors (Lipinski definition) is 3. The van der Waals surface area contributed by atoms with E-state index in [1.807, 2.05) is 66.4 Å². The lowest BCUT2D eigenvalue weighted by molar-refractivity contribution is -0.00738. The third-order valence-corrected chi connectivity index (χ3v) is 7.82. The van der Waals surface area contributed by atoms with Crippen molar-refractivity contribution in [2.75, 3.05) is 32.7 Å². The van der Waals surface area contributed by atoms with Crippen LogP contribution in [0.5, 0.6) is 0 Å². The van der Waals surface area contributed by atoms with Gasteiger partial charge in [-0.3, -0.25) is 4.79 Å². The maximum absolute atomic E-state index is 13.4. The Kier molecular flexibility index (Phi) is 6.53. The molecule has 2 aliphatic rings. The minimum atomic E-state index is -1.05. The monoisotopic (exact) mass is 454 g/mol. The SMILES string of the molecule is Cc1ccccc1C(=O)N1CC(CN2CCC(c3ccccc3)CC2)C(O)(c2ccccc2)C1. The van der Waals surface area contributed by atoms with Gasteiger partial charge in [0.05, 0.1) is 6.54 Å². The van der Waals surface area contributed by atoms with Gasteiger partial charge in [-0.25, -0.2) is 0 Å². The van der Waals surface area contributed by atoms with Crippen LogP contribution in [0.15, 0.2) is 84.9 Å². The Bertz CT molecular complexity index is 1110. The van der Waals surface area contributed by atoms with Gasteiger partial charge in [-0.05, 0) is 61.5 Å². The first-order valence-corrected chi connectivity index (χ1v) is 12.4. The fraction of sp³-hybridized carbons (Fsp3) is 0.367. The van der Waals surface area contributed by atoms with E-state index in [1.54, 1.807) is 0 Å². The van der Waals surface area contributed by atoms with Crippen molar-refractivity contribution < 1.29 is 9.90 Å². The van der Waals surface area contributed by atoms with Crippen molar-refractivity contribution >= 4 is 5.91 Å². The van der Waals surface area contributed by atoms with Gasteiger partial charge in [0.1, 0.15) is 5.60 Å². The van der Waals surface area contributed by atoms with E-state index in [1.165, 1.54) is 5.56 Å². The second kappa shape index (κ2) is 9.73. The van der Waals surface area contributed by atoms with Crippen molar-refractivity contribution in [3.8, 4) is 0 Å². The van der Waals surface area contributed by atoms with Crippen molar-refractivity contribution in [3.63, 3.8) is 0 Å². The van der Waals surface area contributed by atoms with E-state index < -0.39 is 5.60 Å². The normalized spacial score (nSPS) is 23.8. The highest BCUT2D eigenvalue weighted by Gasteiger charge is 2.48. The zero-order chi connectivity index (χ0) is 23.5. The van der Waals surface area contributed by atoms with Crippen LogP contribution in [-0.2, 0) is 5.60 Å². The molecule has 5 rings (SSSR count). The predicted octanol–water partition coefficient (Wildman–Crippen LogP) is 4.83. The maximum atomic E-state index is 13.4. The molecule has 4 heteroatoms. The Labute approximate surface area is 202 Å². The summed E-state index contributed by atoms with van der Waals surface area (Å²) >= 11 is 0.